The minimum absolute atomic E-state index is 0.00888. The predicted molar refractivity (Wildman–Crippen MR) is 62.3 cm³/mol. The average Bonchev–Trinajstić information content (AvgIpc) is 2.28. The minimum atomic E-state index is -0.0542. The fourth-order valence-corrected chi connectivity index (χ4v) is 1.59. The first-order valence-corrected chi connectivity index (χ1v) is 5.52. The molecule has 1 aromatic heterocycles. The van der Waals surface area contributed by atoms with Gasteiger partial charge in [0, 0.05) is 25.0 Å². The third-order valence-corrected chi connectivity index (χ3v) is 2.39. The molecule has 0 aliphatic heterocycles. The third kappa shape index (κ3) is 3.03. The average molecular weight is 222 g/mol. The van der Waals surface area contributed by atoms with Crippen LogP contribution in [0.5, 0.6) is 0 Å². The number of carbonyl (C=O) groups is 1. The van der Waals surface area contributed by atoms with E-state index in [1.165, 1.54) is 0 Å². The molecule has 0 saturated carbocycles. The molecule has 0 aliphatic carbocycles. The van der Waals surface area contributed by atoms with Gasteiger partial charge in [-0.2, -0.15) is 0 Å². The van der Waals surface area contributed by atoms with Crippen LogP contribution in [0.1, 0.15) is 29.4 Å². The van der Waals surface area contributed by atoms with Crippen molar-refractivity contribution in [3.05, 3.63) is 29.6 Å². The molecule has 0 radical (unpaired) electrons. The van der Waals surface area contributed by atoms with Gasteiger partial charge in [0.15, 0.2) is 0 Å². The van der Waals surface area contributed by atoms with Crippen LogP contribution in [-0.2, 0) is 0 Å². The Hall–Kier alpha value is -1.42. The van der Waals surface area contributed by atoms with Crippen LogP contribution < -0.4 is 0 Å². The molecule has 1 N–H and O–H groups in total. The van der Waals surface area contributed by atoms with Crippen LogP contribution in [0.3, 0.4) is 0 Å². The summed E-state index contributed by atoms with van der Waals surface area (Å²) >= 11 is 0. The molecule has 0 fully saturated rings. The number of aryl methyl sites for hydroxylation is 1. The molecule has 0 aliphatic rings. The second kappa shape index (κ2) is 6.23. The molecule has 1 rings (SSSR count). The summed E-state index contributed by atoms with van der Waals surface area (Å²) in [6.07, 6.45) is 2.55. The lowest BCUT2D eigenvalue weighted by Gasteiger charge is -2.21. The lowest BCUT2D eigenvalue weighted by Crippen LogP contribution is -2.34. The van der Waals surface area contributed by atoms with Crippen molar-refractivity contribution in [3.8, 4) is 0 Å². The number of aliphatic hydroxyl groups excluding tert-OH is 1. The fourth-order valence-electron chi connectivity index (χ4n) is 1.59. The van der Waals surface area contributed by atoms with Gasteiger partial charge in [-0.05, 0) is 25.5 Å². The van der Waals surface area contributed by atoms with Crippen molar-refractivity contribution in [1.82, 2.24) is 9.88 Å². The number of aliphatic hydroxyl groups is 1. The number of rotatable bonds is 5. The molecule has 0 bridgehead atoms. The van der Waals surface area contributed by atoms with Crippen LogP contribution in [-0.4, -0.2) is 40.6 Å². The van der Waals surface area contributed by atoms with Gasteiger partial charge < -0.3 is 10.0 Å². The minimum Gasteiger partial charge on any atom is -0.395 e. The van der Waals surface area contributed by atoms with E-state index in [4.69, 9.17) is 5.11 Å². The lowest BCUT2D eigenvalue weighted by molar-refractivity contribution is 0.0720. The zero-order valence-electron chi connectivity index (χ0n) is 9.81. The van der Waals surface area contributed by atoms with E-state index in [0.717, 1.165) is 12.1 Å². The van der Waals surface area contributed by atoms with Crippen LogP contribution in [0.2, 0.25) is 0 Å². The molecule has 4 heteroatoms. The highest BCUT2D eigenvalue weighted by Crippen LogP contribution is 2.08. The fraction of sp³-hybridized carbons (Fsp3) is 0.500. The van der Waals surface area contributed by atoms with Crippen molar-refractivity contribution in [2.75, 3.05) is 19.7 Å². The Morgan fingerprint density at radius 2 is 2.25 bits per heavy atom. The van der Waals surface area contributed by atoms with Gasteiger partial charge in [-0.1, -0.05) is 6.92 Å². The van der Waals surface area contributed by atoms with Gasteiger partial charge in [0.25, 0.3) is 5.91 Å². The van der Waals surface area contributed by atoms with Crippen LogP contribution in [0, 0.1) is 6.92 Å². The van der Waals surface area contributed by atoms with Gasteiger partial charge in [0.2, 0.25) is 0 Å². The molecule has 1 amide bonds. The summed E-state index contributed by atoms with van der Waals surface area (Å²) in [6, 6.07) is 3.52. The lowest BCUT2D eigenvalue weighted by atomic mass is 10.1. The molecular formula is C12H18N2O2. The van der Waals surface area contributed by atoms with Crippen molar-refractivity contribution in [2.24, 2.45) is 0 Å². The number of aromatic nitrogens is 1. The van der Waals surface area contributed by atoms with Crippen molar-refractivity contribution in [3.63, 3.8) is 0 Å². The molecule has 0 saturated heterocycles. The number of hydrogen-bond donors (Lipinski definition) is 1. The zero-order valence-corrected chi connectivity index (χ0v) is 9.81. The Morgan fingerprint density at radius 1 is 1.50 bits per heavy atom. The van der Waals surface area contributed by atoms with Crippen molar-refractivity contribution in [2.45, 2.75) is 20.3 Å². The van der Waals surface area contributed by atoms with E-state index >= 15 is 0 Å². The van der Waals surface area contributed by atoms with Crippen molar-refractivity contribution < 1.29 is 9.90 Å². The third-order valence-electron chi connectivity index (χ3n) is 2.39. The van der Waals surface area contributed by atoms with Gasteiger partial charge in [0.05, 0.1) is 12.2 Å². The van der Waals surface area contributed by atoms with Crippen molar-refractivity contribution >= 4 is 5.91 Å². The first-order chi connectivity index (χ1) is 7.70. The second-order valence-corrected chi connectivity index (χ2v) is 3.65. The van der Waals surface area contributed by atoms with Crippen LogP contribution in [0.15, 0.2) is 18.3 Å². The highest BCUT2D eigenvalue weighted by molar-refractivity contribution is 5.95. The van der Waals surface area contributed by atoms with Gasteiger partial charge in [0.1, 0.15) is 0 Å². The maximum absolute atomic E-state index is 12.1. The summed E-state index contributed by atoms with van der Waals surface area (Å²) < 4.78 is 0. The second-order valence-electron chi connectivity index (χ2n) is 3.65. The van der Waals surface area contributed by atoms with E-state index in [1.807, 2.05) is 13.8 Å². The van der Waals surface area contributed by atoms with E-state index in [2.05, 4.69) is 4.98 Å². The summed E-state index contributed by atoms with van der Waals surface area (Å²) in [5.74, 6) is -0.0542. The largest absolute Gasteiger partial charge is 0.395 e. The molecule has 88 valence electrons. The molecule has 0 unspecified atom stereocenters. The Morgan fingerprint density at radius 3 is 2.81 bits per heavy atom. The van der Waals surface area contributed by atoms with E-state index in [-0.39, 0.29) is 12.5 Å². The number of hydrogen-bond acceptors (Lipinski definition) is 3. The van der Waals surface area contributed by atoms with Gasteiger partial charge in [-0.3, -0.25) is 9.78 Å². The topological polar surface area (TPSA) is 53.4 Å². The number of amides is 1. The van der Waals surface area contributed by atoms with E-state index in [1.54, 1.807) is 23.2 Å². The molecule has 16 heavy (non-hydrogen) atoms. The first-order valence-electron chi connectivity index (χ1n) is 5.52. The quantitative estimate of drug-likeness (QED) is 0.815. The van der Waals surface area contributed by atoms with E-state index < -0.39 is 0 Å². The monoisotopic (exact) mass is 222 g/mol. The molecular weight excluding hydrogens is 204 g/mol. The number of nitrogens with zero attached hydrogens (tertiary/aromatic N) is 2. The van der Waals surface area contributed by atoms with Gasteiger partial charge >= 0.3 is 0 Å². The zero-order chi connectivity index (χ0) is 12.0. The summed E-state index contributed by atoms with van der Waals surface area (Å²) in [4.78, 5) is 17.9. The highest BCUT2D eigenvalue weighted by atomic mass is 16.3. The molecule has 0 aromatic carbocycles. The normalized spacial score (nSPS) is 10.2. The van der Waals surface area contributed by atoms with Crippen LogP contribution in [0.25, 0.3) is 0 Å². The maximum Gasteiger partial charge on any atom is 0.255 e. The SMILES string of the molecule is CCCN(CCO)C(=O)c1cccnc1C. The first kappa shape index (κ1) is 12.6. The molecule has 0 atom stereocenters. The van der Waals surface area contributed by atoms with Crippen LogP contribution >= 0.6 is 0 Å². The summed E-state index contributed by atoms with van der Waals surface area (Å²) in [5.41, 5.74) is 1.34. The predicted octanol–water partition coefficient (Wildman–Crippen LogP) is 1.23. The van der Waals surface area contributed by atoms with Gasteiger partial charge in [-0.25, -0.2) is 0 Å². The molecule has 4 nitrogen and oxygen atoms in total. The number of carbonyl (C=O) groups excluding carboxylic acids is 1. The molecule has 1 heterocycles. The highest BCUT2D eigenvalue weighted by Gasteiger charge is 2.16. The van der Waals surface area contributed by atoms with E-state index in [0.29, 0.717) is 18.7 Å². The summed E-state index contributed by atoms with van der Waals surface area (Å²) in [6.45, 7) is 4.85. The Balaban J connectivity index is 2.85. The smallest absolute Gasteiger partial charge is 0.255 e. The molecule has 1 aromatic rings. The van der Waals surface area contributed by atoms with E-state index in [9.17, 15) is 4.79 Å². The summed E-state index contributed by atoms with van der Waals surface area (Å²) in [7, 11) is 0. The molecule has 0 spiro atoms. The Bertz CT molecular complexity index is 347. The summed E-state index contributed by atoms with van der Waals surface area (Å²) in [5, 5.41) is 8.92. The Kier molecular flexibility index (Phi) is 4.92. The van der Waals surface area contributed by atoms with Gasteiger partial charge in [-0.15, -0.1) is 0 Å². The Labute approximate surface area is 95.9 Å². The van der Waals surface area contributed by atoms with Crippen molar-refractivity contribution in [1.29, 1.82) is 0 Å². The standard InChI is InChI=1S/C12H18N2O2/c1-3-7-14(8-9-15)12(16)11-5-4-6-13-10(11)2/h4-6,15H,3,7-9H2,1-2H3. The van der Waals surface area contributed by atoms with Crippen LogP contribution in [0.4, 0.5) is 0 Å². The maximum atomic E-state index is 12.1. The number of pyridine rings is 1.